The molecule has 0 aliphatic carbocycles. The van der Waals surface area contributed by atoms with E-state index in [0.29, 0.717) is 6.04 Å². The molecule has 0 spiro atoms. The van der Waals surface area contributed by atoms with Gasteiger partial charge in [-0.05, 0) is 36.7 Å². The molecule has 2 heterocycles. The molecule has 0 unspecified atom stereocenters. The maximum Gasteiger partial charge on any atom is 0.0351 e. The van der Waals surface area contributed by atoms with E-state index < -0.39 is 0 Å². The van der Waals surface area contributed by atoms with Gasteiger partial charge in [-0.3, -0.25) is 14.8 Å². The van der Waals surface area contributed by atoms with Crippen LogP contribution in [0.25, 0.3) is 0 Å². The molecule has 0 bridgehead atoms. The summed E-state index contributed by atoms with van der Waals surface area (Å²) in [5.41, 5.74) is 4.08. The number of likely N-dealkylation sites (tertiary alicyclic amines) is 1. The summed E-state index contributed by atoms with van der Waals surface area (Å²) in [6, 6.07) is 13.5. The van der Waals surface area contributed by atoms with Crippen LogP contribution in [-0.4, -0.2) is 41.0 Å². The largest absolute Gasteiger partial charge is 0.297 e. The first-order valence-electron chi connectivity index (χ1n) is 7.58. The van der Waals surface area contributed by atoms with Gasteiger partial charge in [-0.25, -0.2) is 0 Å². The van der Waals surface area contributed by atoms with Gasteiger partial charge in [-0.2, -0.15) is 0 Å². The van der Waals surface area contributed by atoms with Crippen molar-refractivity contribution in [3.05, 3.63) is 65.5 Å². The van der Waals surface area contributed by atoms with Crippen molar-refractivity contribution in [2.75, 3.05) is 20.1 Å². The van der Waals surface area contributed by atoms with E-state index in [1.807, 2.05) is 12.4 Å². The van der Waals surface area contributed by atoms with Gasteiger partial charge in [0.2, 0.25) is 0 Å². The van der Waals surface area contributed by atoms with E-state index in [1.54, 1.807) is 0 Å². The Morgan fingerprint density at radius 3 is 2.67 bits per heavy atom. The molecule has 2 aromatic rings. The van der Waals surface area contributed by atoms with Crippen molar-refractivity contribution in [2.45, 2.75) is 26.1 Å². The molecule has 1 aromatic carbocycles. The molecule has 0 radical (unpaired) electrons. The average Bonchev–Trinajstić information content (AvgIpc) is 2.45. The van der Waals surface area contributed by atoms with Crippen molar-refractivity contribution >= 4 is 0 Å². The first-order chi connectivity index (χ1) is 10.2. The Hall–Kier alpha value is -1.71. The molecule has 1 saturated heterocycles. The summed E-state index contributed by atoms with van der Waals surface area (Å²) in [5.74, 6) is 0. The summed E-state index contributed by atoms with van der Waals surface area (Å²) in [6.07, 6.45) is 3.86. The molecule has 0 amide bonds. The summed E-state index contributed by atoms with van der Waals surface area (Å²) in [4.78, 5) is 9.19. The number of benzene rings is 1. The fraction of sp³-hybridized carbons (Fsp3) is 0.389. The monoisotopic (exact) mass is 281 g/mol. The predicted molar refractivity (Wildman–Crippen MR) is 85.9 cm³/mol. The zero-order chi connectivity index (χ0) is 14.7. The molecule has 3 rings (SSSR count). The number of nitrogens with zero attached hydrogens (tertiary/aromatic N) is 3. The van der Waals surface area contributed by atoms with Gasteiger partial charge in [-0.1, -0.05) is 30.3 Å². The highest BCUT2D eigenvalue weighted by atomic mass is 15.3. The fourth-order valence-electron chi connectivity index (χ4n) is 2.85. The first kappa shape index (κ1) is 14.2. The van der Waals surface area contributed by atoms with Crippen LogP contribution in [0, 0.1) is 6.92 Å². The highest BCUT2D eigenvalue weighted by Gasteiger charge is 2.29. The van der Waals surface area contributed by atoms with Gasteiger partial charge in [0, 0.05) is 44.6 Å². The normalized spacial score (nSPS) is 16.1. The van der Waals surface area contributed by atoms with Crippen molar-refractivity contribution in [1.29, 1.82) is 0 Å². The lowest BCUT2D eigenvalue weighted by atomic mass is 10.0. The van der Waals surface area contributed by atoms with Crippen LogP contribution in [-0.2, 0) is 13.1 Å². The Kier molecular flexibility index (Phi) is 4.32. The van der Waals surface area contributed by atoms with Crippen LogP contribution >= 0.6 is 0 Å². The second-order valence-electron chi connectivity index (χ2n) is 6.05. The molecule has 0 saturated carbocycles. The SMILES string of the molecule is Cc1ccncc1CN1CC(N(C)Cc2ccccc2)C1. The van der Waals surface area contributed by atoms with E-state index in [4.69, 9.17) is 0 Å². The summed E-state index contributed by atoms with van der Waals surface area (Å²) >= 11 is 0. The Bertz CT molecular complexity index is 576. The van der Waals surface area contributed by atoms with Gasteiger partial charge in [-0.15, -0.1) is 0 Å². The Morgan fingerprint density at radius 2 is 1.95 bits per heavy atom. The van der Waals surface area contributed by atoms with E-state index in [1.165, 1.54) is 16.7 Å². The van der Waals surface area contributed by atoms with Gasteiger partial charge in [0.05, 0.1) is 0 Å². The molecule has 110 valence electrons. The third-order valence-electron chi connectivity index (χ3n) is 4.38. The third-order valence-corrected chi connectivity index (χ3v) is 4.38. The summed E-state index contributed by atoms with van der Waals surface area (Å²) in [7, 11) is 2.23. The Labute approximate surface area is 127 Å². The van der Waals surface area contributed by atoms with Gasteiger partial charge in [0.25, 0.3) is 0 Å². The Morgan fingerprint density at radius 1 is 1.19 bits per heavy atom. The molecular formula is C18H23N3. The minimum Gasteiger partial charge on any atom is -0.297 e. The van der Waals surface area contributed by atoms with Gasteiger partial charge in [0.15, 0.2) is 0 Å². The number of hydrogen-bond donors (Lipinski definition) is 0. The van der Waals surface area contributed by atoms with Crippen LogP contribution in [0.3, 0.4) is 0 Å². The lowest BCUT2D eigenvalue weighted by Gasteiger charge is -2.44. The predicted octanol–water partition coefficient (Wildman–Crippen LogP) is 2.71. The smallest absolute Gasteiger partial charge is 0.0351 e. The highest BCUT2D eigenvalue weighted by molar-refractivity contribution is 5.21. The van der Waals surface area contributed by atoms with E-state index in [-0.39, 0.29) is 0 Å². The summed E-state index contributed by atoms with van der Waals surface area (Å²) in [6.45, 7) is 6.52. The summed E-state index contributed by atoms with van der Waals surface area (Å²) in [5, 5.41) is 0. The van der Waals surface area contributed by atoms with E-state index in [0.717, 1.165) is 26.2 Å². The minimum atomic E-state index is 0.669. The maximum atomic E-state index is 4.23. The molecule has 1 aliphatic rings. The number of hydrogen-bond acceptors (Lipinski definition) is 3. The zero-order valence-corrected chi connectivity index (χ0v) is 12.9. The van der Waals surface area contributed by atoms with Crippen molar-refractivity contribution in [3.8, 4) is 0 Å². The van der Waals surface area contributed by atoms with Crippen LogP contribution in [0.1, 0.15) is 16.7 Å². The third kappa shape index (κ3) is 3.49. The van der Waals surface area contributed by atoms with Crippen LogP contribution in [0.4, 0.5) is 0 Å². The molecule has 21 heavy (non-hydrogen) atoms. The van der Waals surface area contributed by atoms with E-state index >= 15 is 0 Å². The number of pyridine rings is 1. The molecular weight excluding hydrogens is 258 g/mol. The van der Waals surface area contributed by atoms with E-state index in [9.17, 15) is 0 Å². The van der Waals surface area contributed by atoms with Crippen LogP contribution in [0.5, 0.6) is 0 Å². The number of aromatic nitrogens is 1. The molecule has 0 N–H and O–H groups in total. The molecule has 1 aromatic heterocycles. The topological polar surface area (TPSA) is 19.4 Å². The molecule has 1 fully saturated rings. The minimum absolute atomic E-state index is 0.669. The second-order valence-corrected chi connectivity index (χ2v) is 6.05. The first-order valence-corrected chi connectivity index (χ1v) is 7.58. The molecule has 3 heteroatoms. The van der Waals surface area contributed by atoms with Gasteiger partial charge in [0.1, 0.15) is 0 Å². The fourth-order valence-corrected chi connectivity index (χ4v) is 2.85. The van der Waals surface area contributed by atoms with Crippen LogP contribution in [0.2, 0.25) is 0 Å². The van der Waals surface area contributed by atoms with Crippen LogP contribution in [0.15, 0.2) is 48.8 Å². The second kappa shape index (κ2) is 6.37. The number of rotatable bonds is 5. The zero-order valence-electron chi connectivity index (χ0n) is 12.9. The number of likely N-dealkylation sites (N-methyl/N-ethyl adjacent to an activating group) is 1. The average molecular weight is 281 g/mol. The van der Waals surface area contributed by atoms with Gasteiger partial charge < -0.3 is 0 Å². The van der Waals surface area contributed by atoms with E-state index in [2.05, 4.69) is 65.2 Å². The van der Waals surface area contributed by atoms with Crippen LogP contribution < -0.4 is 0 Å². The lowest BCUT2D eigenvalue weighted by Crippen LogP contribution is -2.57. The standard InChI is InChI=1S/C18H23N3/c1-15-8-9-19-10-17(15)12-21-13-18(14-21)20(2)11-16-6-4-3-5-7-16/h3-10,18H,11-14H2,1-2H3. The lowest BCUT2D eigenvalue weighted by molar-refractivity contribution is 0.0392. The van der Waals surface area contributed by atoms with Gasteiger partial charge >= 0.3 is 0 Å². The highest BCUT2D eigenvalue weighted by Crippen LogP contribution is 2.19. The molecule has 0 atom stereocenters. The molecule has 1 aliphatic heterocycles. The Balaban J connectivity index is 1.48. The van der Waals surface area contributed by atoms with Crippen molar-refractivity contribution < 1.29 is 0 Å². The maximum absolute atomic E-state index is 4.23. The summed E-state index contributed by atoms with van der Waals surface area (Å²) < 4.78 is 0. The molecule has 3 nitrogen and oxygen atoms in total. The van der Waals surface area contributed by atoms with Crippen molar-refractivity contribution in [2.24, 2.45) is 0 Å². The van der Waals surface area contributed by atoms with Crippen molar-refractivity contribution in [1.82, 2.24) is 14.8 Å². The van der Waals surface area contributed by atoms with Crippen molar-refractivity contribution in [3.63, 3.8) is 0 Å². The quantitative estimate of drug-likeness (QED) is 0.840. The number of aryl methyl sites for hydroxylation is 1.